The number of imide groups is 1. The van der Waals surface area contributed by atoms with E-state index in [1.54, 1.807) is 48.5 Å². The summed E-state index contributed by atoms with van der Waals surface area (Å²) in [5, 5.41) is 5.99. The molecule has 2 aromatic rings. The monoisotopic (exact) mass is 391 g/mol. The molecule has 0 bridgehead atoms. The SMILES string of the molecule is O=C(Nc1ccccc1Cl)C1CNC(=O)N(Cc2ccccc2Cl)C1=O. The van der Waals surface area contributed by atoms with Crippen molar-refractivity contribution in [3.05, 3.63) is 64.1 Å². The average molecular weight is 392 g/mol. The highest BCUT2D eigenvalue weighted by molar-refractivity contribution is 6.34. The number of carbonyl (C=O) groups excluding carboxylic acids is 3. The molecule has 2 aromatic carbocycles. The summed E-state index contributed by atoms with van der Waals surface area (Å²) in [6, 6.07) is 13.1. The van der Waals surface area contributed by atoms with Crippen LogP contribution in [0.25, 0.3) is 0 Å². The van der Waals surface area contributed by atoms with Gasteiger partial charge in [-0.15, -0.1) is 0 Å². The molecule has 0 spiro atoms. The molecule has 4 amide bonds. The Balaban J connectivity index is 1.76. The molecular weight excluding hydrogens is 377 g/mol. The maximum absolute atomic E-state index is 12.7. The first-order chi connectivity index (χ1) is 12.5. The molecule has 1 unspecified atom stereocenters. The van der Waals surface area contributed by atoms with E-state index in [1.165, 1.54) is 0 Å². The van der Waals surface area contributed by atoms with Crippen molar-refractivity contribution in [2.24, 2.45) is 5.92 Å². The summed E-state index contributed by atoms with van der Waals surface area (Å²) >= 11 is 12.1. The van der Waals surface area contributed by atoms with Crippen LogP contribution in [0.4, 0.5) is 10.5 Å². The molecule has 1 saturated heterocycles. The Bertz CT molecular complexity index is 872. The number of nitrogens with zero attached hydrogens (tertiary/aromatic N) is 1. The van der Waals surface area contributed by atoms with Crippen molar-refractivity contribution in [1.82, 2.24) is 10.2 Å². The van der Waals surface area contributed by atoms with Gasteiger partial charge in [-0.25, -0.2) is 4.79 Å². The molecule has 0 saturated carbocycles. The number of carbonyl (C=O) groups is 3. The highest BCUT2D eigenvalue weighted by Gasteiger charge is 2.38. The van der Waals surface area contributed by atoms with Crippen molar-refractivity contribution in [3.63, 3.8) is 0 Å². The van der Waals surface area contributed by atoms with Crippen molar-refractivity contribution in [2.45, 2.75) is 6.54 Å². The summed E-state index contributed by atoms with van der Waals surface area (Å²) in [6.07, 6.45) is 0. The minimum atomic E-state index is -1.05. The van der Waals surface area contributed by atoms with Crippen molar-refractivity contribution in [2.75, 3.05) is 11.9 Å². The Hall–Kier alpha value is -2.57. The third-order valence-corrected chi connectivity index (χ3v) is 4.70. The van der Waals surface area contributed by atoms with Gasteiger partial charge in [0.05, 0.1) is 17.3 Å². The predicted molar refractivity (Wildman–Crippen MR) is 99.0 cm³/mol. The summed E-state index contributed by atoms with van der Waals surface area (Å²) in [5.41, 5.74) is 1.02. The van der Waals surface area contributed by atoms with Crippen molar-refractivity contribution >= 4 is 46.7 Å². The smallest absolute Gasteiger partial charge is 0.324 e. The largest absolute Gasteiger partial charge is 0.336 e. The van der Waals surface area contributed by atoms with Crippen molar-refractivity contribution in [1.29, 1.82) is 0 Å². The van der Waals surface area contributed by atoms with Crippen LogP contribution in [0, 0.1) is 5.92 Å². The van der Waals surface area contributed by atoms with Crippen LogP contribution in [-0.4, -0.2) is 29.3 Å². The first kappa shape index (κ1) is 18.2. The fourth-order valence-electron chi connectivity index (χ4n) is 2.59. The Morgan fingerprint density at radius 3 is 2.42 bits per heavy atom. The molecule has 1 atom stereocenters. The van der Waals surface area contributed by atoms with Gasteiger partial charge in [-0.2, -0.15) is 0 Å². The topological polar surface area (TPSA) is 78.5 Å². The Morgan fingerprint density at radius 1 is 1.08 bits per heavy atom. The standard InChI is InChI=1S/C18H15Cl2N3O3/c19-13-6-2-1-5-11(13)10-23-17(25)12(9-21-18(23)26)16(24)22-15-8-4-3-7-14(15)20/h1-8,12H,9-10H2,(H,21,26)(H,22,24). The molecule has 1 fully saturated rings. The van der Waals surface area contributed by atoms with Gasteiger partial charge < -0.3 is 10.6 Å². The molecule has 0 radical (unpaired) electrons. The second kappa shape index (κ2) is 7.76. The molecule has 2 N–H and O–H groups in total. The van der Waals surface area contributed by atoms with Crippen LogP contribution in [0.15, 0.2) is 48.5 Å². The fourth-order valence-corrected chi connectivity index (χ4v) is 2.97. The van der Waals surface area contributed by atoms with E-state index in [-0.39, 0.29) is 13.1 Å². The van der Waals surface area contributed by atoms with Crippen LogP contribution in [-0.2, 0) is 16.1 Å². The van der Waals surface area contributed by atoms with Gasteiger partial charge in [0.1, 0.15) is 5.92 Å². The van der Waals surface area contributed by atoms with E-state index in [0.717, 1.165) is 4.90 Å². The molecule has 26 heavy (non-hydrogen) atoms. The number of nitrogens with one attached hydrogen (secondary N) is 2. The summed E-state index contributed by atoms with van der Waals surface area (Å²) in [5.74, 6) is -2.17. The molecule has 134 valence electrons. The van der Waals surface area contributed by atoms with Crippen molar-refractivity contribution in [3.8, 4) is 0 Å². The van der Waals surface area contributed by atoms with Crippen LogP contribution in [0.1, 0.15) is 5.56 Å². The molecule has 0 aliphatic carbocycles. The lowest BCUT2D eigenvalue weighted by molar-refractivity contribution is -0.139. The number of hydrogen-bond donors (Lipinski definition) is 2. The Kier molecular flexibility index (Phi) is 5.44. The second-order valence-corrected chi connectivity index (χ2v) is 6.54. The van der Waals surface area contributed by atoms with E-state index in [1.807, 2.05) is 0 Å². The minimum Gasteiger partial charge on any atom is -0.336 e. The first-order valence-electron chi connectivity index (χ1n) is 7.85. The molecule has 1 aliphatic rings. The maximum atomic E-state index is 12.7. The third kappa shape index (κ3) is 3.81. The Labute approximate surface area is 160 Å². The number of para-hydroxylation sites is 1. The molecular formula is C18H15Cl2N3O3. The normalized spacial score (nSPS) is 17.0. The first-order valence-corrected chi connectivity index (χ1v) is 8.61. The fraction of sp³-hybridized carbons (Fsp3) is 0.167. The van der Waals surface area contributed by atoms with Gasteiger partial charge in [0.25, 0.3) is 0 Å². The Morgan fingerprint density at radius 2 is 1.73 bits per heavy atom. The zero-order valence-electron chi connectivity index (χ0n) is 13.5. The molecule has 1 aliphatic heterocycles. The van der Waals surface area contributed by atoms with E-state index in [4.69, 9.17) is 23.2 Å². The van der Waals surface area contributed by atoms with Gasteiger partial charge in [-0.05, 0) is 23.8 Å². The molecule has 1 heterocycles. The number of amides is 4. The zero-order valence-corrected chi connectivity index (χ0v) is 15.1. The van der Waals surface area contributed by atoms with E-state index < -0.39 is 23.8 Å². The summed E-state index contributed by atoms with van der Waals surface area (Å²) in [4.78, 5) is 38.3. The number of halogens is 2. The van der Waals surface area contributed by atoms with Crippen LogP contribution in [0.2, 0.25) is 10.0 Å². The van der Waals surface area contributed by atoms with Gasteiger partial charge in [0.15, 0.2) is 0 Å². The van der Waals surface area contributed by atoms with Crippen LogP contribution < -0.4 is 10.6 Å². The highest BCUT2D eigenvalue weighted by Crippen LogP contribution is 2.23. The number of hydrogen-bond acceptors (Lipinski definition) is 3. The average Bonchev–Trinajstić information content (AvgIpc) is 2.62. The lowest BCUT2D eigenvalue weighted by Crippen LogP contribution is -2.57. The van der Waals surface area contributed by atoms with Crippen LogP contribution >= 0.6 is 23.2 Å². The molecule has 3 rings (SSSR count). The van der Waals surface area contributed by atoms with E-state index in [0.29, 0.717) is 21.3 Å². The van der Waals surface area contributed by atoms with Crippen LogP contribution in [0.3, 0.4) is 0 Å². The summed E-state index contributed by atoms with van der Waals surface area (Å²) in [6.45, 7) is -0.0901. The lowest BCUT2D eigenvalue weighted by atomic mass is 10.0. The molecule has 0 aromatic heterocycles. The second-order valence-electron chi connectivity index (χ2n) is 5.72. The molecule has 8 heteroatoms. The lowest BCUT2D eigenvalue weighted by Gasteiger charge is -2.31. The molecule has 6 nitrogen and oxygen atoms in total. The van der Waals surface area contributed by atoms with E-state index in [9.17, 15) is 14.4 Å². The number of benzene rings is 2. The van der Waals surface area contributed by atoms with Gasteiger partial charge in [0.2, 0.25) is 11.8 Å². The van der Waals surface area contributed by atoms with Crippen molar-refractivity contribution < 1.29 is 14.4 Å². The summed E-state index contributed by atoms with van der Waals surface area (Å²) < 4.78 is 0. The number of rotatable bonds is 4. The van der Waals surface area contributed by atoms with E-state index >= 15 is 0 Å². The van der Waals surface area contributed by atoms with Crippen LogP contribution in [0.5, 0.6) is 0 Å². The number of urea groups is 1. The van der Waals surface area contributed by atoms with Gasteiger partial charge in [-0.3, -0.25) is 14.5 Å². The van der Waals surface area contributed by atoms with Gasteiger partial charge in [0, 0.05) is 11.6 Å². The predicted octanol–water partition coefficient (Wildman–Crippen LogP) is 3.30. The quantitative estimate of drug-likeness (QED) is 0.784. The zero-order chi connectivity index (χ0) is 18.7. The number of anilines is 1. The van der Waals surface area contributed by atoms with Gasteiger partial charge >= 0.3 is 6.03 Å². The minimum absolute atomic E-state index is 0.0137. The summed E-state index contributed by atoms with van der Waals surface area (Å²) in [7, 11) is 0. The van der Waals surface area contributed by atoms with Gasteiger partial charge in [-0.1, -0.05) is 53.5 Å². The highest BCUT2D eigenvalue weighted by atomic mass is 35.5. The maximum Gasteiger partial charge on any atom is 0.324 e. The van der Waals surface area contributed by atoms with E-state index in [2.05, 4.69) is 10.6 Å². The third-order valence-electron chi connectivity index (χ3n) is 4.00.